The van der Waals surface area contributed by atoms with E-state index < -0.39 is 6.10 Å². The molecule has 0 saturated carbocycles. The Hall–Kier alpha value is -0.450. The molecule has 0 bridgehead atoms. The molecule has 0 rings (SSSR count). The standard InChI is InChI=1S/C5H12N2O2/c6-2-4(7)1-5(9)3-8/h3-5,9H,1-2,6-7H2. The van der Waals surface area contributed by atoms with Crippen LogP contribution in [0.3, 0.4) is 0 Å². The zero-order valence-electron chi connectivity index (χ0n) is 5.16. The van der Waals surface area contributed by atoms with Gasteiger partial charge in [0.05, 0.1) is 0 Å². The molecule has 0 aliphatic heterocycles. The maximum Gasteiger partial charge on any atom is 0.148 e. The van der Waals surface area contributed by atoms with E-state index in [1.807, 2.05) is 0 Å². The molecule has 0 fully saturated rings. The lowest BCUT2D eigenvalue weighted by Gasteiger charge is -2.08. The average Bonchev–Trinajstić information content (AvgIpc) is 1.87. The van der Waals surface area contributed by atoms with Crippen LogP contribution in [0.4, 0.5) is 0 Å². The fourth-order valence-corrected chi connectivity index (χ4v) is 0.462. The third-order valence-electron chi connectivity index (χ3n) is 1.00. The fraction of sp³-hybridized carbons (Fsp3) is 0.800. The van der Waals surface area contributed by atoms with Gasteiger partial charge in [-0.3, -0.25) is 0 Å². The number of aliphatic hydroxyl groups excluding tert-OH is 1. The second kappa shape index (κ2) is 4.43. The van der Waals surface area contributed by atoms with Crippen molar-refractivity contribution >= 4 is 6.29 Å². The quantitative estimate of drug-likeness (QED) is 0.394. The molecule has 0 aromatic heterocycles. The van der Waals surface area contributed by atoms with E-state index in [1.54, 1.807) is 0 Å². The summed E-state index contributed by atoms with van der Waals surface area (Å²) >= 11 is 0. The fourth-order valence-electron chi connectivity index (χ4n) is 0.462. The molecular formula is C5H12N2O2. The zero-order valence-corrected chi connectivity index (χ0v) is 5.16. The van der Waals surface area contributed by atoms with Gasteiger partial charge in [0.2, 0.25) is 0 Å². The first-order valence-corrected chi connectivity index (χ1v) is 2.79. The summed E-state index contributed by atoms with van der Waals surface area (Å²) in [5.41, 5.74) is 10.4. The van der Waals surface area contributed by atoms with Crippen molar-refractivity contribution in [3.8, 4) is 0 Å². The predicted octanol–water partition coefficient (Wildman–Crippen LogP) is -1.78. The number of aliphatic hydroxyl groups is 1. The normalized spacial score (nSPS) is 16.8. The highest BCUT2D eigenvalue weighted by Crippen LogP contribution is 1.89. The van der Waals surface area contributed by atoms with Gasteiger partial charge in [0.1, 0.15) is 12.4 Å². The summed E-state index contributed by atoms with van der Waals surface area (Å²) in [6, 6.07) is -0.273. The van der Waals surface area contributed by atoms with Gasteiger partial charge in [-0.2, -0.15) is 0 Å². The third kappa shape index (κ3) is 4.08. The van der Waals surface area contributed by atoms with E-state index in [-0.39, 0.29) is 12.5 Å². The van der Waals surface area contributed by atoms with Crippen LogP contribution in [0.1, 0.15) is 6.42 Å². The van der Waals surface area contributed by atoms with Gasteiger partial charge in [-0.05, 0) is 6.42 Å². The van der Waals surface area contributed by atoms with Gasteiger partial charge in [0.25, 0.3) is 0 Å². The molecule has 5 N–H and O–H groups in total. The Kier molecular flexibility index (Phi) is 4.21. The molecular weight excluding hydrogens is 120 g/mol. The monoisotopic (exact) mass is 132 g/mol. The predicted molar refractivity (Wildman–Crippen MR) is 33.7 cm³/mol. The molecule has 2 atom stereocenters. The largest absolute Gasteiger partial charge is 0.386 e. The number of rotatable bonds is 4. The van der Waals surface area contributed by atoms with Crippen LogP contribution < -0.4 is 11.5 Å². The molecule has 0 aromatic rings. The van der Waals surface area contributed by atoms with E-state index in [2.05, 4.69) is 0 Å². The first-order chi connectivity index (χ1) is 4.20. The van der Waals surface area contributed by atoms with Crippen LogP contribution in [-0.2, 0) is 4.79 Å². The van der Waals surface area contributed by atoms with Crippen LogP contribution in [0.15, 0.2) is 0 Å². The Morgan fingerprint density at radius 1 is 1.67 bits per heavy atom. The Balaban J connectivity index is 3.33. The van der Waals surface area contributed by atoms with Crippen molar-refractivity contribution in [1.82, 2.24) is 0 Å². The topological polar surface area (TPSA) is 89.3 Å². The molecule has 0 aromatic carbocycles. The molecule has 9 heavy (non-hydrogen) atoms. The van der Waals surface area contributed by atoms with Crippen LogP contribution in [-0.4, -0.2) is 30.1 Å². The number of carbonyl (C=O) groups excluding carboxylic acids is 1. The second-order valence-electron chi connectivity index (χ2n) is 1.93. The molecule has 0 amide bonds. The number of hydrogen-bond acceptors (Lipinski definition) is 4. The molecule has 0 radical (unpaired) electrons. The van der Waals surface area contributed by atoms with E-state index in [4.69, 9.17) is 16.6 Å². The number of hydrogen-bond donors (Lipinski definition) is 3. The van der Waals surface area contributed by atoms with Crippen molar-refractivity contribution in [1.29, 1.82) is 0 Å². The zero-order chi connectivity index (χ0) is 7.28. The van der Waals surface area contributed by atoms with Gasteiger partial charge in [0.15, 0.2) is 0 Å². The highest BCUT2D eigenvalue weighted by atomic mass is 16.3. The first kappa shape index (κ1) is 8.55. The molecule has 0 aliphatic carbocycles. The highest BCUT2D eigenvalue weighted by molar-refractivity contribution is 5.55. The van der Waals surface area contributed by atoms with Crippen LogP contribution in [0.5, 0.6) is 0 Å². The highest BCUT2D eigenvalue weighted by Gasteiger charge is 2.06. The summed E-state index contributed by atoms with van der Waals surface area (Å²) in [7, 11) is 0. The molecule has 0 aliphatic rings. The van der Waals surface area contributed by atoms with Crippen LogP contribution in [0.2, 0.25) is 0 Å². The Morgan fingerprint density at radius 2 is 2.22 bits per heavy atom. The van der Waals surface area contributed by atoms with E-state index in [0.29, 0.717) is 12.8 Å². The summed E-state index contributed by atoms with van der Waals surface area (Å²) in [6.45, 7) is 0.297. The molecule has 4 nitrogen and oxygen atoms in total. The second-order valence-corrected chi connectivity index (χ2v) is 1.93. The molecule has 0 heterocycles. The van der Waals surface area contributed by atoms with Crippen molar-refractivity contribution in [3.63, 3.8) is 0 Å². The minimum atomic E-state index is -0.955. The van der Waals surface area contributed by atoms with Crippen molar-refractivity contribution in [2.45, 2.75) is 18.6 Å². The first-order valence-electron chi connectivity index (χ1n) is 2.79. The van der Waals surface area contributed by atoms with Gasteiger partial charge in [-0.1, -0.05) is 0 Å². The number of nitrogens with two attached hydrogens (primary N) is 2. The van der Waals surface area contributed by atoms with E-state index in [1.165, 1.54) is 0 Å². The van der Waals surface area contributed by atoms with Crippen LogP contribution in [0, 0.1) is 0 Å². The molecule has 0 saturated heterocycles. The Labute approximate surface area is 53.8 Å². The average molecular weight is 132 g/mol. The lowest BCUT2D eigenvalue weighted by Crippen LogP contribution is -2.33. The van der Waals surface area contributed by atoms with Gasteiger partial charge < -0.3 is 21.4 Å². The molecule has 4 heteroatoms. The summed E-state index contributed by atoms with van der Waals surface area (Å²) < 4.78 is 0. The summed E-state index contributed by atoms with van der Waals surface area (Å²) in [6.07, 6.45) is -0.251. The maximum atomic E-state index is 9.81. The van der Waals surface area contributed by atoms with Crippen LogP contribution >= 0.6 is 0 Å². The van der Waals surface area contributed by atoms with Crippen molar-refractivity contribution < 1.29 is 9.90 Å². The summed E-state index contributed by atoms with van der Waals surface area (Å²) in [4.78, 5) is 9.81. The lowest BCUT2D eigenvalue weighted by molar-refractivity contribution is -0.115. The van der Waals surface area contributed by atoms with Gasteiger partial charge in [-0.25, -0.2) is 0 Å². The number of carbonyl (C=O) groups is 1. The van der Waals surface area contributed by atoms with Gasteiger partial charge >= 0.3 is 0 Å². The lowest BCUT2D eigenvalue weighted by atomic mass is 10.1. The Morgan fingerprint density at radius 3 is 2.56 bits per heavy atom. The minimum Gasteiger partial charge on any atom is -0.386 e. The van der Waals surface area contributed by atoms with Crippen LogP contribution in [0.25, 0.3) is 0 Å². The minimum absolute atomic E-state index is 0.250. The molecule has 0 spiro atoms. The van der Waals surface area contributed by atoms with E-state index in [0.717, 1.165) is 0 Å². The Bertz CT molecular complexity index is 87.0. The molecule has 54 valence electrons. The van der Waals surface area contributed by atoms with Crippen molar-refractivity contribution in [2.24, 2.45) is 11.5 Å². The van der Waals surface area contributed by atoms with Gasteiger partial charge in [0, 0.05) is 12.6 Å². The SMILES string of the molecule is NCC(N)CC(O)C=O. The maximum absolute atomic E-state index is 9.81. The summed E-state index contributed by atoms with van der Waals surface area (Å²) in [5, 5.41) is 8.66. The molecule has 2 unspecified atom stereocenters. The summed E-state index contributed by atoms with van der Waals surface area (Å²) in [5.74, 6) is 0. The third-order valence-corrected chi connectivity index (χ3v) is 1.00. The number of aldehydes is 1. The van der Waals surface area contributed by atoms with Gasteiger partial charge in [-0.15, -0.1) is 0 Å². The smallest absolute Gasteiger partial charge is 0.148 e. The van der Waals surface area contributed by atoms with Crippen molar-refractivity contribution in [3.05, 3.63) is 0 Å². The van der Waals surface area contributed by atoms with E-state index in [9.17, 15) is 4.79 Å². The van der Waals surface area contributed by atoms with E-state index >= 15 is 0 Å². The van der Waals surface area contributed by atoms with Crippen molar-refractivity contribution in [2.75, 3.05) is 6.54 Å².